The van der Waals surface area contributed by atoms with Crippen molar-refractivity contribution < 1.29 is 14.6 Å². The van der Waals surface area contributed by atoms with Crippen LogP contribution < -0.4 is 15.4 Å². The number of methoxy groups -OCH3 is 1. The summed E-state index contributed by atoms with van der Waals surface area (Å²) in [4.78, 5) is 21.6. The Kier molecular flexibility index (Phi) is 4.04. The molecule has 7 nitrogen and oxygen atoms in total. The van der Waals surface area contributed by atoms with E-state index in [1.807, 2.05) is 0 Å². The van der Waals surface area contributed by atoms with Gasteiger partial charge in [-0.2, -0.15) is 4.98 Å². The number of rotatable bonds is 5. The molecule has 0 spiro atoms. The van der Waals surface area contributed by atoms with Crippen LogP contribution >= 0.6 is 0 Å². The van der Waals surface area contributed by atoms with E-state index in [0.717, 1.165) is 44.9 Å². The van der Waals surface area contributed by atoms with Crippen LogP contribution in [0.4, 0.5) is 5.95 Å². The summed E-state index contributed by atoms with van der Waals surface area (Å²) in [5.74, 6) is 2.02. The molecule has 6 rings (SSSR count). The summed E-state index contributed by atoms with van der Waals surface area (Å²) in [6.45, 7) is 0. The first kappa shape index (κ1) is 17.2. The SMILES string of the molecule is COc1nc(NC2CCC2)ncc1C(=O)NC1C2CC3CC1CC(O)(C3)C2. The van der Waals surface area contributed by atoms with Gasteiger partial charge in [0.2, 0.25) is 11.8 Å². The molecule has 5 aliphatic carbocycles. The Bertz CT molecular complexity index is 735. The van der Waals surface area contributed by atoms with Gasteiger partial charge >= 0.3 is 0 Å². The average molecular weight is 372 g/mol. The van der Waals surface area contributed by atoms with Gasteiger partial charge < -0.3 is 20.5 Å². The maximum atomic E-state index is 12.9. The van der Waals surface area contributed by atoms with Crippen molar-refractivity contribution in [3.05, 3.63) is 11.8 Å². The van der Waals surface area contributed by atoms with Gasteiger partial charge in [0, 0.05) is 18.3 Å². The Balaban J connectivity index is 1.31. The Morgan fingerprint density at radius 1 is 1.26 bits per heavy atom. The highest BCUT2D eigenvalue weighted by molar-refractivity contribution is 5.96. The minimum atomic E-state index is -0.493. The number of carbonyl (C=O) groups excluding carboxylic acids is 1. The first-order valence-corrected chi connectivity index (χ1v) is 10.2. The molecule has 1 heterocycles. The molecule has 0 radical (unpaired) electrons. The molecule has 5 saturated carbocycles. The van der Waals surface area contributed by atoms with Crippen molar-refractivity contribution in [2.24, 2.45) is 17.8 Å². The molecule has 146 valence electrons. The van der Waals surface area contributed by atoms with Crippen LogP contribution in [0.1, 0.15) is 61.7 Å². The van der Waals surface area contributed by atoms with E-state index in [0.29, 0.717) is 41.2 Å². The molecule has 1 amide bonds. The van der Waals surface area contributed by atoms with Crippen LogP contribution in [0.15, 0.2) is 6.20 Å². The van der Waals surface area contributed by atoms with E-state index in [1.165, 1.54) is 13.5 Å². The van der Waals surface area contributed by atoms with Crippen molar-refractivity contribution in [1.29, 1.82) is 0 Å². The standard InChI is InChI=1S/C20H28N4O3/c1-27-18-15(10-21-19(24-18)22-14-3-2-4-14)17(25)23-16-12-5-11-6-13(16)9-20(26,7-11)8-12/h10-14,16,26H,2-9H2,1H3,(H,23,25)(H,21,22,24). The molecule has 2 unspecified atom stereocenters. The monoisotopic (exact) mass is 372 g/mol. The molecule has 4 bridgehead atoms. The molecule has 7 heteroatoms. The number of nitrogens with one attached hydrogen (secondary N) is 2. The first-order chi connectivity index (χ1) is 13.0. The Hall–Kier alpha value is -1.89. The number of amides is 1. The highest BCUT2D eigenvalue weighted by Crippen LogP contribution is 2.55. The number of aliphatic hydroxyl groups is 1. The molecular weight excluding hydrogens is 344 g/mol. The van der Waals surface area contributed by atoms with E-state index in [9.17, 15) is 9.90 Å². The zero-order valence-corrected chi connectivity index (χ0v) is 15.8. The average Bonchev–Trinajstić information content (AvgIpc) is 2.59. The summed E-state index contributed by atoms with van der Waals surface area (Å²) < 4.78 is 5.37. The number of nitrogens with zero attached hydrogens (tertiary/aromatic N) is 2. The van der Waals surface area contributed by atoms with Gasteiger partial charge in [-0.05, 0) is 69.1 Å². The number of carbonyl (C=O) groups is 1. The van der Waals surface area contributed by atoms with Crippen molar-refractivity contribution in [3.63, 3.8) is 0 Å². The second-order valence-electron chi connectivity index (χ2n) is 9.08. The van der Waals surface area contributed by atoms with Crippen LogP contribution in [0.25, 0.3) is 0 Å². The normalized spacial score (nSPS) is 37.0. The van der Waals surface area contributed by atoms with E-state index in [4.69, 9.17) is 4.74 Å². The molecule has 5 fully saturated rings. The van der Waals surface area contributed by atoms with E-state index in [2.05, 4.69) is 20.6 Å². The molecule has 1 aromatic rings. The lowest BCUT2D eigenvalue weighted by Crippen LogP contribution is -2.61. The molecule has 3 N–H and O–H groups in total. The second kappa shape index (κ2) is 6.33. The summed E-state index contributed by atoms with van der Waals surface area (Å²) in [5, 5.41) is 17.2. The van der Waals surface area contributed by atoms with Crippen LogP contribution in [0, 0.1) is 17.8 Å². The third kappa shape index (κ3) is 3.06. The van der Waals surface area contributed by atoms with Crippen molar-refractivity contribution in [2.75, 3.05) is 12.4 Å². The van der Waals surface area contributed by atoms with Crippen molar-refractivity contribution in [2.45, 2.75) is 69.1 Å². The fourth-order valence-electron chi connectivity index (χ4n) is 5.93. The molecule has 1 aromatic heterocycles. The Morgan fingerprint density at radius 2 is 2.00 bits per heavy atom. The highest BCUT2D eigenvalue weighted by Gasteiger charge is 2.55. The number of hydrogen-bond donors (Lipinski definition) is 3. The summed E-state index contributed by atoms with van der Waals surface area (Å²) in [7, 11) is 1.53. The van der Waals surface area contributed by atoms with Crippen molar-refractivity contribution >= 4 is 11.9 Å². The zero-order chi connectivity index (χ0) is 18.6. The number of ether oxygens (including phenoxy) is 1. The smallest absolute Gasteiger partial charge is 0.258 e. The van der Waals surface area contributed by atoms with E-state index < -0.39 is 5.60 Å². The summed E-state index contributed by atoms with van der Waals surface area (Å²) in [6, 6.07) is 0.556. The maximum Gasteiger partial charge on any atom is 0.258 e. The molecule has 0 aliphatic heterocycles. The fourth-order valence-corrected chi connectivity index (χ4v) is 5.93. The summed E-state index contributed by atoms with van der Waals surface area (Å²) >= 11 is 0. The van der Waals surface area contributed by atoms with Gasteiger partial charge in [0.1, 0.15) is 5.56 Å². The fraction of sp³-hybridized carbons (Fsp3) is 0.750. The van der Waals surface area contributed by atoms with Crippen LogP contribution in [0.2, 0.25) is 0 Å². The van der Waals surface area contributed by atoms with Gasteiger partial charge in [0.15, 0.2) is 0 Å². The predicted molar refractivity (Wildman–Crippen MR) is 99.6 cm³/mol. The van der Waals surface area contributed by atoms with Gasteiger partial charge in [-0.15, -0.1) is 0 Å². The quantitative estimate of drug-likeness (QED) is 0.733. The van der Waals surface area contributed by atoms with Crippen molar-refractivity contribution in [3.8, 4) is 5.88 Å². The van der Waals surface area contributed by atoms with Crippen LogP contribution in [-0.2, 0) is 0 Å². The minimum Gasteiger partial charge on any atom is -0.480 e. The second-order valence-corrected chi connectivity index (χ2v) is 9.08. The lowest BCUT2D eigenvalue weighted by atomic mass is 9.52. The van der Waals surface area contributed by atoms with Crippen LogP contribution in [0.5, 0.6) is 5.88 Å². The van der Waals surface area contributed by atoms with Gasteiger partial charge in [-0.25, -0.2) is 4.98 Å². The summed E-state index contributed by atoms with van der Waals surface area (Å²) in [5.41, 5.74) is -0.114. The molecular formula is C20H28N4O3. The van der Waals surface area contributed by atoms with Crippen LogP contribution in [0.3, 0.4) is 0 Å². The van der Waals surface area contributed by atoms with Crippen molar-refractivity contribution in [1.82, 2.24) is 15.3 Å². The predicted octanol–water partition coefficient (Wildman–Crippen LogP) is 2.12. The van der Waals surface area contributed by atoms with Gasteiger partial charge in [-0.3, -0.25) is 4.79 Å². The lowest BCUT2D eigenvalue weighted by molar-refractivity contribution is -0.136. The van der Waals surface area contributed by atoms with Gasteiger partial charge in [0.25, 0.3) is 5.91 Å². The molecule has 2 atom stereocenters. The minimum absolute atomic E-state index is 0.131. The number of anilines is 1. The number of aromatic nitrogens is 2. The third-order valence-electron chi connectivity index (χ3n) is 7.17. The number of hydrogen-bond acceptors (Lipinski definition) is 6. The molecule has 27 heavy (non-hydrogen) atoms. The van der Waals surface area contributed by atoms with Gasteiger partial charge in [-0.1, -0.05) is 0 Å². The lowest BCUT2D eigenvalue weighted by Gasteiger charge is -2.58. The molecule has 5 aliphatic rings. The summed E-state index contributed by atoms with van der Waals surface area (Å²) in [6.07, 6.45) is 9.84. The Morgan fingerprint density at radius 3 is 2.59 bits per heavy atom. The highest BCUT2D eigenvalue weighted by atomic mass is 16.5. The zero-order valence-electron chi connectivity index (χ0n) is 15.8. The maximum absolute atomic E-state index is 12.9. The molecule has 0 aromatic carbocycles. The van der Waals surface area contributed by atoms with Crippen LogP contribution in [-0.4, -0.2) is 45.8 Å². The van der Waals surface area contributed by atoms with Gasteiger partial charge in [0.05, 0.1) is 12.7 Å². The van der Waals surface area contributed by atoms with E-state index >= 15 is 0 Å². The molecule has 0 saturated heterocycles. The third-order valence-corrected chi connectivity index (χ3v) is 7.17. The topological polar surface area (TPSA) is 96.4 Å². The van der Waals surface area contributed by atoms with E-state index in [1.54, 1.807) is 6.20 Å². The van der Waals surface area contributed by atoms with E-state index in [-0.39, 0.29) is 11.9 Å². The largest absolute Gasteiger partial charge is 0.480 e. The Labute approximate surface area is 159 Å². The first-order valence-electron chi connectivity index (χ1n) is 10.2.